The normalized spacial score (nSPS) is 12.7. The van der Waals surface area contributed by atoms with Crippen molar-refractivity contribution in [1.82, 2.24) is 0 Å². The molecule has 0 rings (SSSR count). The summed E-state index contributed by atoms with van der Waals surface area (Å²) in [5, 5.41) is 9.59. The Balaban J connectivity index is 3.57. The summed E-state index contributed by atoms with van der Waals surface area (Å²) in [6.45, 7) is 4.09. The number of ether oxygens (including phenoxy) is 2. The average Bonchev–Trinajstić information content (AvgIpc) is 3.17. The van der Waals surface area contributed by atoms with Gasteiger partial charge in [0.25, 0.3) is 0 Å². The molecular weight excluding hydrogens is 669 g/mol. The molecule has 54 heavy (non-hydrogen) atoms. The Morgan fingerprint density at radius 1 is 0.426 bits per heavy atom. The van der Waals surface area contributed by atoms with E-state index in [0.29, 0.717) is 12.8 Å². The quantitative estimate of drug-likeness (QED) is 0.0382. The zero-order valence-corrected chi connectivity index (χ0v) is 35.5. The van der Waals surface area contributed by atoms with Gasteiger partial charge in [-0.1, -0.05) is 184 Å². The van der Waals surface area contributed by atoms with Gasteiger partial charge < -0.3 is 14.6 Å². The Labute approximate surface area is 334 Å². The topological polar surface area (TPSA) is 72.8 Å². The maximum absolute atomic E-state index is 12.2. The molecule has 5 nitrogen and oxygen atoms in total. The van der Waals surface area contributed by atoms with Gasteiger partial charge in [-0.05, 0) is 83.5 Å². The predicted molar refractivity (Wildman–Crippen MR) is 233 cm³/mol. The minimum Gasteiger partial charge on any atom is -0.462 e. The lowest BCUT2D eigenvalue weighted by Crippen LogP contribution is -2.28. The second kappa shape index (κ2) is 45.0. The van der Waals surface area contributed by atoms with Gasteiger partial charge in [0.1, 0.15) is 6.61 Å². The molecular formula is C49H86O5. The molecule has 0 aliphatic carbocycles. The summed E-state index contributed by atoms with van der Waals surface area (Å²) >= 11 is 0. The summed E-state index contributed by atoms with van der Waals surface area (Å²) in [4.78, 5) is 24.4. The van der Waals surface area contributed by atoms with Crippen molar-refractivity contribution >= 4 is 11.9 Å². The molecule has 0 amide bonds. The molecule has 1 atom stereocenters. The van der Waals surface area contributed by atoms with Crippen LogP contribution in [0.15, 0.2) is 60.8 Å². The van der Waals surface area contributed by atoms with Gasteiger partial charge in [0.05, 0.1) is 6.61 Å². The molecule has 0 radical (unpaired) electrons. The van der Waals surface area contributed by atoms with Crippen LogP contribution in [-0.2, 0) is 19.1 Å². The number of unbranched alkanes of at least 4 members (excludes halogenated alkanes) is 23. The maximum Gasteiger partial charge on any atom is 0.306 e. The Morgan fingerprint density at radius 2 is 0.741 bits per heavy atom. The number of carbonyl (C=O) groups is 2. The van der Waals surface area contributed by atoms with E-state index in [1.807, 2.05) is 0 Å². The Morgan fingerprint density at radius 3 is 1.15 bits per heavy atom. The average molecular weight is 755 g/mol. The second-order valence-electron chi connectivity index (χ2n) is 15.1. The SMILES string of the molecule is CCCCC/C=C\C/C=C\CCCCCCCCCC(=O)OCC(CO)OC(=O)CCCCCCCCCC/C=C\C/C=C\C/C=C\CCCCCCC. The third kappa shape index (κ3) is 42.3. The molecule has 0 aromatic rings. The van der Waals surface area contributed by atoms with Gasteiger partial charge in [0.2, 0.25) is 0 Å². The number of hydrogen-bond acceptors (Lipinski definition) is 5. The zero-order valence-electron chi connectivity index (χ0n) is 35.5. The summed E-state index contributed by atoms with van der Waals surface area (Å²) in [7, 11) is 0. The van der Waals surface area contributed by atoms with Gasteiger partial charge in [-0.3, -0.25) is 9.59 Å². The number of hydrogen-bond donors (Lipinski definition) is 1. The van der Waals surface area contributed by atoms with Gasteiger partial charge in [-0.25, -0.2) is 0 Å². The van der Waals surface area contributed by atoms with E-state index in [0.717, 1.165) is 64.2 Å². The zero-order chi connectivity index (χ0) is 39.3. The molecule has 0 heterocycles. The Hall–Kier alpha value is -2.40. The van der Waals surface area contributed by atoms with E-state index < -0.39 is 6.10 Å². The van der Waals surface area contributed by atoms with Crippen LogP contribution < -0.4 is 0 Å². The third-order valence-electron chi connectivity index (χ3n) is 9.78. The predicted octanol–water partition coefficient (Wildman–Crippen LogP) is 14.7. The van der Waals surface area contributed by atoms with Crippen molar-refractivity contribution in [2.45, 2.75) is 225 Å². The van der Waals surface area contributed by atoms with Crippen LogP contribution >= 0.6 is 0 Å². The first kappa shape index (κ1) is 51.6. The molecule has 0 saturated carbocycles. The van der Waals surface area contributed by atoms with Gasteiger partial charge >= 0.3 is 11.9 Å². The highest BCUT2D eigenvalue weighted by molar-refractivity contribution is 5.70. The monoisotopic (exact) mass is 755 g/mol. The lowest BCUT2D eigenvalue weighted by molar-refractivity contribution is -0.161. The minimum atomic E-state index is -0.781. The Bertz CT molecular complexity index is 946. The number of carbonyl (C=O) groups excluding carboxylic acids is 2. The largest absolute Gasteiger partial charge is 0.462 e. The van der Waals surface area contributed by atoms with Crippen LogP contribution in [0.3, 0.4) is 0 Å². The highest BCUT2D eigenvalue weighted by Crippen LogP contribution is 2.13. The van der Waals surface area contributed by atoms with Gasteiger partial charge in [-0.2, -0.15) is 0 Å². The van der Waals surface area contributed by atoms with E-state index in [-0.39, 0.29) is 25.2 Å². The summed E-state index contributed by atoms with van der Waals surface area (Å²) in [6, 6.07) is 0. The minimum absolute atomic E-state index is 0.0746. The first-order chi connectivity index (χ1) is 26.6. The van der Waals surface area contributed by atoms with Crippen molar-refractivity contribution in [3.8, 4) is 0 Å². The molecule has 0 spiro atoms. The van der Waals surface area contributed by atoms with Gasteiger partial charge in [0.15, 0.2) is 6.10 Å². The van der Waals surface area contributed by atoms with E-state index in [1.54, 1.807) is 0 Å². The molecule has 0 saturated heterocycles. The lowest BCUT2D eigenvalue weighted by atomic mass is 10.1. The van der Waals surface area contributed by atoms with Crippen molar-refractivity contribution in [3.05, 3.63) is 60.8 Å². The van der Waals surface area contributed by atoms with Crippen molar-refractivity contribution in [2.24, 2.45) is 0 Å². The Kier molecular flexibility index (Phi) is 43.0. The smallest absolute Gasteiger partial charge is 0.306 e. The van der Waals surface area contributed by atoms with Crippen molar-refractivity contribution in [3.63, 3.8) is 0 Å². The van der Waals surface area contributed by atoms with Crippen LogP contribution in [-0.4, -0.2) is 36.4 Å². The summed E-state index contributed by atoms with van der Waals surface area (Å²) in [5.41, 5.74) is 0. The van der Waals surface area contributed by atoms with Crippen LogP contribution in [0.1, 0.15) is 219 Å². The molecule has 5 heteroatoms. The highest BCUT2D eigenvalue weighted by Gasteiger charge is 2.16. The third-order valence-corrected chi connectivity index (χ3v) is 9.78. The first-order valence-corrected chi connectivity index (χ1v) is 22.8. The summed E-state index contributed by atoms with van der Waals surface area (Å²) < 4.78 is 10.6. The molecule has 1 unspecified atom stereocenters. The highest BCUT2D eigenvalue weighted by atomic mass is 16.6. The lowest BCUT2D eigenvalue weighted by Gasteiger charge is -2.15. The fourth-order valence-electron chi connectivity index (χ4n) is 6.30. The maximum atomic E-state index is 12.2. The van der Waals surface area contributed by atoms with Crippen molar-refractivity contribution < 1.29 is 24.2 Å². The molecule has 0 bridgehead atoms. The van der Waals surface area contributed by atoms with E-state index in [9.17, 15) is 14.7 Å². The van der Waals surface area contributed by atoms with Gasteiger partial charge in [-0.15, -0.1) is 0 Å². The molecule has 0 fully saturated rings. The molecule has 0 aliphatic rings. The molecule has 0 aromatic carbocycles. The molecule has 1 N–H and O–H groups in total. The molecule has 0 aliphatic heterocycles. The van der Waals surface area contributed by atoms with E-state index in [1.165, 1.54) is 128 Å². The number of rotatable bonds is 41. The summed E-state index contributed by atoms with van der Waals surface area (Å²) in [6.07, 6.45) is 58.6. The van der Waals surface area contributed by atoms with Crippen LogP contribution in [0.25, 0.3) is 0 Å². The number of esters is 2. The van der Waals surface area contributed by atoms with E-state index >= 15 is 0 Å². The fourth-order valence-corrected chi connectivity index (χ4v) is 6.30. The van der Waals surface area contributed by atoms with Crippen LogP contribution in [0.5, 0.6) is 0 Å². The fraction of sp³-hybridized carbons (Fsp3) is 0.755. The van der Waals surface area contributed by atoms with Gasteiger partial charge in [0, 0.05) is 12.8 Å². The van der Waals surface area contributed by atoms with Crippen molar-refractivity contribution in [2.75, 3.05) is 13.2 Å². The first-order valence-electron chi connectivity index (χ1n) is 22.8. The summed E-state index contributed by atoms with van der Waals surface area (Å²) in [5.74, 6) is -0.607. The standard InChI is InChI=1S/C49H86O5/c1-3-5-7-9-11-13-15-17-19-21-22-23-24-25-26-28-30-32-34-36-38-40-42-44-49(52)54-47(45-50)46-53-48(51)43-41-39-37-35-33-31-29-27-20-18-16-14-12-10-8-6-4-2/h12,14-15,17-18,20-22,24-25,47,50H,3-11,13,16,19,23,26-46H2,1-2H3/b14-12-,17-15-,20-18-,22-21-,25-24-. The van der Waals surface area contributed by atoms with E-state index in [2.05, 4.69) is 74.6 Å². The van der Waals surface area contributed by atoms with E-state index in [4.69, 9.17) is 9.47 Å². The van der Waals surface area contributed by atoms with Crippen LogP contribution in [0, 0.1) is 0 Å². The number of aliphatic hydroxyl groups excluding tert-OH is 1. The van der Waals surface area contributed by atoms with Crippen LogP contribution in [0.2, 0.25) is 0 Å². The van der Waals surface area contributed by atoms with Crippen LogP contribution in [0.4, 0.5) is 0 Å². The number of allylic oxidation sites excluding steroid dienone is 10. The number of aliphatic hydroxyl groups is 1. The molecule has 312 valence electrons. The second-order valence-corrected chi connectivity index (χ2v) is 15.1. The molecule has 0 aromatic heterocycles. The van der Waals surface area contributed by atoms with Crippen molar-refractivity contribution in [1.29, 1.82) is 0 Å².